The van der Waals surface area contributed by atoms with Crippen molar-refractivity contribution in [2.24, 2.45) is 0 Å². The van der Waals surface area contributed by atoms with Gasteiger partial charge in [-0.25, -0.2) is 4.98 Å². The lowest BCUT2D eigenvalue weighted by atomic mass is 10.0. The van der Waals surface area contributed by atoms with Crippen molar-refractivity contribution in [3.63, 3.8) is 0 Å². The number of carbonyl (C=O) groups excluding carboxylic acids is 1. The first-order valence-corrected chi connectivity index (χ1v) is 11.3. The van der Waals surface area contributed by atoms with Crippen molar-refractivity contribution in [2.75, 3.05) is 11.1 Å². The van der Waals surface area contributed by atoms with Gasteiger partial charge in [-0.1, -0.05) is 83.6 Å². The molecule has 0 bridgehead atoms. The predicted octanol–water partition coefficient (Wildman–Crippen LogP) is 5.42. The summed E-state index contributed by atoms with van der Waals surface area (Å²) in [5, 5.41) is 21.1. The van der Waals surface area contributed by atoms with E-state index in [0.717, 1.165) is 22.3 Å². The Morgan fingerprint density at radius 3 is 2.12 bits per heavy atom. The van der Waals surface area contributed by atoms with Crippen molar-refractivity contribution in [1.82, 2.24) is 15.2 Å². The Morgan fingerprint density at radius 1 is 0.879 bits per heavy atom. The highest BCUT2D eigenvalue weighted by Crippen LogP contribution is 2.30. The lowest BCUT2D eigenvalue weighted by molar-refractivity contribution is -0.113. The highest BCUT2D eigenvalue weighted by atomic mass is 32.2. The minimum Gasteiger partial charge on any atom is -0.324 e. The Labute approximate surface area is 196 Å². The van der Waals surface area contributed by atoms with Crippen molar-refractivity contribution in [3.8, 4) is 28.6 Å². The van der Waals surface area contributed by atoms with Gasteiger partial charge in [-0.2, -0.15) is 5.26 Å². The fourth-order valence-corrected chi connectivity index (χ4v) is 3.78. The summed E-state index contributed by atoms with van der Waals surface area (Å²) in [6, 6.07) is 25.1. The van der Waals surface area contributed by atoms with Crippen LogP contribution in [0.25, 0.3) is 22.5 Å². The van der Waals surface area contributed by atoms with Gasteiger partial charge in [0.2, 0.25) is 11.1 Å². The van der Waals surface area contributed by atoms with Crippen LogP contribution in [0, 0.1) is 25.2 Å². The summed E-state index contributed by atoms with van der Waals surface area (Å²) in [6.07, 6.45) is 0. The average molecular weight is 452 g/mol. The maximum Gasteiger partial charge on any atom is 0.234 e. The molecule has 1 heterocycles. The first kappa shape index (κ1) is 22.2. The maximum absolute atomic E-state index is 12.4. The number of thioether (sulfide) groups is 1. The quantitative estimate of drug-likeness (QED) is 0.393. The molecule has 162 valence electrons. The number of nitriles is 1. The van der Waals surface area contributed by atoms with Gasteiger partial charge >= 0.3 is 0 Å². The molecule has 33 heavy (non-hydrogen) atoms. The largest absolute Gasteiger partial charge is 0.324 e. The number of benzene rings is 3. The van der Waals surface area contributed by atoms with E-state index in [4.69, 9.17) is 4.98 Å². The van der Waals surface area contributed by atoms with Gasteiger partial charge in [0, 0.05) is 11.1 Å². The number of para-hydroxylation sites is 1. The molecule has 0 atom stereocenters. The minimum atomic E-state index is -0.245. The van der Waals surface area contributed by atoms with E-state index < -0.39 is 0 Å². The van der Waals surface area contributed by atoms with Gasteiger partial charge in [-0.15, -0.1) is 10.2 Å². The molecule has 4 rings (SSSR count). The van der Waals surface area contributed by atoms with Gasteiger partial charge in [0.05, 0.1) is 17.0 Å². The number of nitrogens with zero attached hydrogens (tertiary/aromatic N) is 4. The topological polar surface area (TPSA) is 91.6 Å². The maximum atomic E-state index is 12.4. The van der Waals surface area contributed by atoms with E-state index in [1.807, 2.05) is 62.4 Å². The van der Waals surface area contributed by atoms with E-state index >= 15 is 0 Å². The molecule has 0 saturated heterocycles. The molecular formula is C26H21N5OS. The number of carbonyl (C=O) groups is 1. The summed E-state index contributed by atoms with van der Waals surface area (Å²) >= 11 is 1.20. The van der Waals surface area contributed by atoms with E-state index in [2.05, 4.69) is 21.6 Å². The number of amides is 1. The van der Waals surface area contributed by atoms with Gasteiger partial charge in [-0.3, -0.25) is 4.79 Å². The van der Waals surface area contributed by atoms with Crippen molar-refractivity contribution < 1.29 is 4.79 Å². The second-order valence-corrected chi connectivity index (χ2v) is 8.46. The third-order valence-electron chi connectivity index (χ3n) is 4.97. The number of nitrogens with one attached hydrogen (secondary N) is 1. The lowest BCUT2D eigenvalue weighted by Crippen LogP contribution is -2.15. The number of anilines is 1. The number of hydrogen-bond donors (Lipinski definition) is 1. The smallest absolute Gasteiger partial charge is 0.234 e. The SMILES string of the molecule is Cc1ccc(-c2nnc(SCC(=O)Nc3ccccc3C#N)nc2-c2ccc(C)cc2)cc1. The minimum absolute atomic E-state index is 0.0959. The second-order valence-electron chi connectivity index (χ2n) is 7.52. The Bertz CT molecular complexity index is 1330. The highest BCUT2D eigenvalue weighted by molar-refractivity contribution is 7.99. The van der Waals surface area contributed by atoms with Crippen LogP contribution >= 0.6 is 11.8 Å². The Balaban J connectivity index is 1.58. The first-order chi connectivity index (χ1) is 16.0. The lowest BCUT2D eigenvalue weighted by Gasteiger charge is -2.10. The van der Waals surface area contributed by atoms with Crippen molar-refractivity contribution in [3.05, 3.63) is 89.5 Å². The zero-order chi connectivity index (χ0) is 23.2. The van der Waals surface area contributed by atoms with Crippen LogP contribution in [-0.4, -0.2) is 26.8 Å². The Morgan fingerprint density at radius 2 is 1.48 bits per heavy atom. The number of aryl methyl sites for hydroxylation is 2. The van der Waals surface area contributed by atoms with E-state index in [1.54, 1.807) is 24.3 Å². The molecule has 6 nitrogen and oxygen atoms in total. The molecule has 0 unspecified atom stereocenters. The number of rotatable bonds is 6. The van der Waals surface area contributed by atoms with Crippen molar-refractivity contribution in [1.29, 1.82) is 5.26 Å². The fraction of sp³-hybridized carbons (Fsp3) is 0.115. The van der Waals surface area contributed by atoms with Crippen LogP contribution in [0.2, 0.25) is 0 Å². The molecule has 1 aromatic heterocycles. The van der Waals surface area contributed by atoms with E-state index in [-0.39, 0.29) is 11.7 Å². The van der Waals surface area contributed by atoms with Crippen molar-refractivity contribution in [2.45, 2.75) is 19.0 Å². The summed E-state index contributed by atoms with van der Waals surface area (Å²) in [6.45, 7) is 4.07. The molecule has 0 saturated carbocycles. The van der Waals surface area contributed by atoms with Crippen LogP contribution in [-0.2, 0) is 4.79 Å². The molecule has 0 aliphatic rings. The predicted molar refractivity (Wildman–Crippen MR) is 131 cm³/mol. The van der Waals surface area contributed by atoms with Crippen LogP contribution < -0.4 is 5.32 Å². The molecule has 0 aliphatic heterocycles. The van der Waals surface area contributed by atoms with Crippen LogP contribution in [0.4, 0.5) is 5.69 Å². The zero-order valence-electron chi connectivity index (χ0n) is 18.2. The Kier molecular flexibility index (Phi) is 6.77. The van der Waals surface area contributed by atoms with E-state index in [0.29, 0.717) is 27.8 Å². The molecular weight excluding hydrogens is 430 g/mol. The molecule has 3 aromatic carbocycles. The summed E-state index contributed by atoms with van der Waals surface area (Å²) in [7, 11) is 0. The third-order valence-corrected chi connectivity index (χ3v) is 5.81. The number of hydrogen-bond acceptors (Lipinski definition) is 6. The molecule has 4 aromatic rings. The van der Waals surface area contributed by atoms with Crippen molar-refractivity contribution >= 4 is 23.4 Å². The molecule has 0 spiro atoms. The van der Waals surface area contributed by atoms with Crippen LogP contribution in [0.15, 0.2) is 78.0 Å². The average Bonchev–Trinajstić information content (AvgIpc) is 2.84. The second kappa shape index (κ2) is 10.1. The van der Waals surface area contributed by atoms with Gasteiger partial charge in [0.1, 0.15) is 17.5 Å². The molecule has 0 radical (unpaired) electrons. The van der Waals surface area contributed by atoms with Gasteiger partial charge in [-0.05, 0) is 26.0 Å². The first-order valence-electron chi connectivity index (χ1n) is 10.3. The Hall–Kier alpha value is -4.02. The summed E-state index contributed by atoms with van der Waals surface area (Å²) in [4.78, 5) is 17.2. The standard InChI is InChI=1S/C26H21N5OS/c1-17-7-11-19(12-8-17)24-25(20-13-9-18(2)10-14-20)30-31-26(29-24)33-16-23(32)28-22-6-4-3-5-21(22)15-27/h3-14H,16H2,1-2H3,(H,28,32). The summed E-state index contributed by atoms with van der Waals surface area (Å²) in [5.41, 5.74) is 6.48. The fourth-order valence-electron chi connectivity index (χ4n) is 3.20. The van der Waals surface area contributed by atoms with Crippen LogP contribution in [0.5, 0.6) is 0 Å². The summed E-state index contributed by atoms with van der Waals surface area (Å²) in [5.74, 6) is -0.149. The van der Waals surface area contributed by atoms with Gasteiger partial charge in [0.25, 0.3) is 0 Å². The third kappa shape index (κ3) is 5.43. The zero-order valence-corrected chi connectivity index (χ0v) is 19.1. The monoisotopic (exact) mass is 451 g/mol. The molecule has 1 amide bonds. The molecule has 0 aliphatic carbocycles. The summed E-state index contributed by atoms with van der Waals surface area (Å²) < 4.78 is 0. The molecule has 1 N–H and O–H groups in total. The van der Waals surface area contributed by atoms with Gasteiger partial charge in [0.15, 0.2) is 0 Å². The van der Waals surface area contributed by atoms with Crippen LogP contribution in [0.1, 0.15) is 16.7 Å². The molecule has 0 fully saturated rings. The normalized spacial score (nSPS) is 10.5. The van der Waals surface area contributed by atoms with E-state index in [9.17, 15) is 10.1 Å². The molecule has 7 heteroatoms. The van der Waals surface area contributed by atoms with Crippen LogP contribution in [0.3, 0.4) is 0 Å². The van der Waals surface area contributed by atoms with Gasteiger partial charge < -0.3 is 5.32 Å². The number of aromatic nitrogens is 3. The highest BCUT2D eigenvalue weighted by Gasteiger charge is 2.15. The van der Waals surface area contributed by atoms with E-state index in [1.165, 1.54) is 11.8 Å².